The molecule has 0 radical (unpaired) electrons. The molecule has 0 amide bonds. The van der Waals surface area contributed by atoms with E-state index in [1.54, 1.807) is 18.4 Å². The van der Waals surface area contributed by atoms with Gasteiger partial charge in [0.2, 0.25) is 0 Å². The molecule has 0 unspecified atom stereocenters. The summed E-state index contributed by atoms with van der Waals surface area (Å²) in [5, 5.41) is 0.987. The predicted octanol–water partition coefficient (Wildman–Crippen LogP) is 3.94. The van der Waals surface area contributed by atoms with Gasteiger partial charge >= 0.3 is 5.97 Å². The largest absolute Gasteiger partial charge is 0.496 e. The lowest BCUT2D eigenvalue weighted by Gasteiger charge is -2.08. The highest BCUT2D eigenvalue weighted by atomic mass is 32.1. The van der Waals surface area contributed by atoms with Gasteiger partial charge in [-0.15, -0.1) is 11.3 Å². The van der Waals surface area contributed by atoms with Gasteiger partial charge in [0.25, 0.3) is 0 Å². The van der Waals surface area contributed by atoms with E-state index in [0.29, 0.717) is 13.0 Å². The molecule has 4 nitrogen and oxygen atoms in total. The minimum Gasteiger partial charge on any atom is -0.496 e. The van der Waals surface area contributed by atoms with Crippen molar-refractivity contribution in [1.29, 1.82) is 0 Å². The van der Waals surface area contributed by atoms with Crippen LogP contribution in [-0.4, -0.2) is 24.7 Å². The van der Waals surface area contributed by atoms with Crippen LogP contribution in [0.5, 0.6) is 5.75 Å². The molecule has 0 aliphatic rings. The van der Waals surface area contributed by atoms with Gasteiger partial charge in [-0.2, -0.15) is 0 Å². The van der Waals surface area contributed by atoms with Crippen LogP contribution in [0.2, 0.25) is 0 Å². The van der Waals surface area contributed by atoms with Crippen molar-refractivity contribution < 1.29 is 14.3 Å². The number of methoxy groups -OCH3 is 1. The molecule has 24 heavy (non-hydrogen) atoms. The van der Waals surface area contributed by atoms with Gasteiger partial charge in [0, 0.05) is 6.42 Å². The Balaban J connectivity index is 1.52. The van der Waals surface area contributed by atoms with Gasteiger partial charge < -0.3 is 9.47 Å². The number of thiazole rings is 1. The van der Waals surface area contributed by atoms with E-state index in [1.807, 2.05) is 49.4 Å². The SMILES string of the molecule is COc1cc(CC(=O)OCCc2nc3ccccc3s2)ccc1C. The second-order valence-corrected chi connectivity index (χ2v) is 6.64. The summed E-state index contributed by atoms with van der Waals surface area (Å²) >= 11 is 1.64. The molecule has 0 saturated carbocycles. The van der Waals surface area contributed by atoms with E-state index in [0.717, 1.165) is 32.1 Å². The van der Waals surface area contributed by atoms with Crippen molar-refractivity contribution in [3.05, 3.63) is 58.6 Å². The van der Waals surface area contributed by atoms with Gasteiger partial charge in [-0.1, -0.05) is 24.3 Å². The van der Waals surface area contributed by atoms with Crippen LogP contribution in [0.4, 0.5) is 0 Å². The quantitative estimate of drug-likeness (QED) is 0.637. The normalized spacial score (nSPS) is 10.8. The summed E-state index contributed by atoms with van der Waals surface area (Å²) in [6.07, 6.45) is 0.888. The van der Waals surface area contributed by atoms with E-state index in [4.69, 9.17) is 9.47 Å². The third-order valence-electron chi connectivity index (χ3n) is 3.74. The van der Waals surface area contributed by atoms with Crippen LogP contribution in [-0.2, 0) is 22.4 Å². The average Bonchev–Trinajstić information content (AvgIpc) is 2.99. The summed E-state index contributed by atoms with van der Waals surface area (Å²) in [5.74, 6) is 0.553. The summed E-state index contributed by atoms with van der Waals surface area (Å²) in [6.45, 7) is 2.32. The minimum atomic E-state index is -0.234. The molecule has 3 rings (SSSR count). The van der Waals surface area contributed by atoms with Crippen molar-refractivity contribution in [2.45, 2.75) is 19.8 Å². The number of aryl methyl sites for hydroxylation is 1. The molecule has 0 aliphatic carbocycles. The third kappa shape index (κ3) is 3.92. The van der Waals surface area contributed by atoms with Crippen LogP contribution in [0.25, 0.3) is 10.2 Å². The van der Waals surface area contributed by atoms with Gasteiger partial charge in [0.15, 0.2) is 0 Å². The van der Waals surface area contributed by atoms with E-state index in [9.17, 15) is 4.79 Å². The van der Waals surface area contributed by atoms with Gasteiger partial charge in [-0.25, -0.2) is 4.98 Å². The van der Waals surface area contributed by atoms with Crippen LogP contribution in [0.3, 0.4) is 0 Å². The number of hydrogen-bond acceptors (Lipinski definition) is 5. The topological polar surface area (TPSA) is 48.4 Å². The summed E-state index contributed by atoms with van der Waals surface area (Å²) < 4.78 is 11.8. The molecule has 0 saturated heterocycles. The first kappa shape index (κ1) is 16.5. The number of carbonyl (C=O) groups is 1. The molecule has 124 valence electrons. The Bertz CT molecular complexity index is 824. The number of esters is 1. The number of benzene rings is 2. The highest BCUT2D eigenvalue weighted by molar-refractivity contribution is 7.18. The Hall–Kier alpha value is -2.40. The number of aromatic nitrogens is 1. The van der Waals surface area contributed by atoms with Crippen molar-refractivity contribution in [3.8, 4) is 5.75 Å². The van der Waals surface area contributed by atoms with Crippen LogP contribution < -0.4 is 4.74 Å². The first-order valence-electron chi connectivity index (χ1n) is 7.79. The fourth-order valence-corrected chi connectivity index (χ4v) is 3.42. The molecule has 1 aromatic heterocycles. The molecule has 2 aromatic carbocycles. The highest BCUT2D eigenvalue weighted by Gasteiger charge is 2.09. The van der Waals surface area contributed by atoms with E-state index in [2.05, 4.69) is 4.98 Å². The van der Waals surface area contributed by atoms with Crippen molar-refractivity contribution in [2.75, 3.05) is 13.7 Å². The Labute approximate surface area is 145 Å². The van der Waals surface area contributed by atoms with E-state index < -0.39 is 0 Å². The summed E-state index contributed by atoms with van der Waals surface area (Å²) in [7, 11) is 1.63. The maximum atomic E-state index is 12.0. The van der Waals surface area contributed by atoms with Crippen LogP contribution >= 0.6 is 11.3 Å². The fraction of sp³-hybridized carbons (Fsp3) is 0.263. The Morgan fingerprint density at radius 2 is 2.04 bits per heavy atom. The van der Waals surface area contributed by atoms with Gasteiger partial charge in [0.05, 0.1) is 35.4 Å². The van der Waals surface area contributed by atoms with Crippen molar-refractivity contribution >= 4 is 27.5 Å². The molecule has 0 spiro atoms. The molecule has 0 atom stereocenters. The highest BCUT2D eigenvalue weighted by Crippen LogP contribution is 2.22. The zero-order chi connectivity index (χ0) is 16.9. The number of fused-ring (bicyclic) bond motifs is 1. The Kier molecular flexibility index (Phi) is 5.11. The van der Waals surface area contributed by atoms with Gasteiger partial charge in [-0.05, 0) is 36.2 Å². The average molecular weight is 341 g/mol. The second-order valence-electron chi connectivity index (χ2n) is 5.53. The van der Waals surface area contributed by atoms with Crippen molar-refractivity contribution in [3.63, 3.8) is 0 Å². The molecule has 1 heterocycles. The molecule has 0 N–H and O–H groups in total. The van der Waals surface area contributed by atoms with E-state index in [-0.39, 0.29) is 12.4 Å². The maximum Gasteiger partial charge on any atom is 0.310 e. The monoisotopic (exact) mass is 341 g/mol. The van der Waals surface area contributed by atoms with Crippen molar-refractivity contribution in [2.24, 2.45) is 0 Å². The molecule has 0 fully saturated rings. The molecular weight excluding hydrogens is 322 g/mol. The lowest BCUT2D eigenvalue weighted by molar-refractivity contribution is -0.142. The number of rotatable bonds is 6. The Morgan fingerprint density at radius 1 is 1.21 bits per heavy atom. The number of hydrogen-bond donors (Lipinski definition) is 0. The molecule has 5 heteroatoms. The first-order valence-corrected chi connectivity index (χ1v) is 8.61. The van der Waals surface area contributed by atoms with Crippen LogP contribution in [0.15, 0.2) is 42.5 Å². The lowest BCUT2D eigenvalue weighted by atomic mass is 10.1. The smallest absolute Gasteiger partial charge is 0.310 e. The first-order chi connectivity index (χ1) is 11.7. The minimum absolute atomic E-state index is 0.234. The van der Waals surface area contributed by atoms with Crippen molar-refractivity contribution in [1.82, 2.24) is 4.98 Å². The van der Waals surface area contributed by atoms with E-state index >= 15 is 0 Å². The number of ether oxygens (including phenoxy) is 2. The van der Waals surface area contributed by atoms with Crippen LogP contribution in [0, 0.1) is 6.92 Å². The standard InChI is InChI=1S/C19H19NO3S/c1-13-7-8-14(11-16(13)22-2)12-19(21)23-10-9-18-20-15-5-3-4-6-17(15)24-18/h3-8,11H,9-10,12H2,1-2H3. The van der Waals surface area contributed by atoms with Crippen LogP contribution in [0.1, 0.15) is 16.1 Å². The number of para-hydroxylation sites is 1. The fourth-order valence-electron chi connectivity index (χ4n) is 2.47. The molecular formula is C19H19NO3S. The molecule has 3 aromatic rings. The van der Waals surface area contributed by atoms with Gasteiger partial charge in [-0.3, -0.25) is 4.79 Å². The number of carbonyl (C=O) groups excluding carboxylic acids is 1. The zero-order valence-corrected chi connectivity index (χ0v) is 14.6. The molecule has 0 aliphatic heterocycles. The Morgan fingerprint density at radius 3 is 2.83 bits per heavy atom. The zero-order valence-electron chi connectivity index (χ0n) is 13.7. The maximum absolute atomic E-state index is 12.0. The third-order valence-corrected chi connectivity index (χ3v) is 4.83. The lowest BCUT2D eigenvalue weighted by Crippen LogP contribution is -2.10. The summed E-state index contributed by atoms with van der Waals surface area (Å²) in [6, 6.07) is 13.8. The predicted molar refractivity (Wildman–Crippen MR) is 95.7 cm³/mol. The summed E-state index contributed by atoms with van der Waals surface area (Å²) in [4.78, 5) is 16.5. The molecule has 0 bridgehead atoms. The van der Waals surface area contributed by atoms with E-state index in [1.165, 1.54) is 0 Å². The second kappa shape index (κ2) is 7.45. The van der Waals surface area contributed by atoms with Gasteiger partial charge in [0.1, 0.15) is 5.75 Å². The number of nitrogens with zero attached hydrogens (tertiary/aromatic N) is 1. The summed E-state index contributed by atoms with van der Waals surface area (Å²) in [5.41, 5.74) is 2.93.